The molecular weight excluding hydrogens is 214 g/mol. The molecule has 0 amide bonds. The molecule has 0 bridgehead atoms. The topological polar surface area (TPSA) is 78.7 Å². The molecule has 1 rings (SSSR count). The van der Waals surface area contributed by atoms with E-state index in [0.29, 0.717) is 0 Å². The van der Waals surface area contributed by atoms with Crippen LogP contribution in [0, 0.1) is 10.1 Å². The summed E-state index contributed by atoms with van der Waals surface area (Å²) in [5, 5.41) is 10.6. The van der Waals surface area contributed by atoms with E-state index in [4.69, 9.17) is 4.74 Å². The fourth-order valence-corrected chi connectivity index (χ4v) is 1.07. The van der Waals surface area contributed by atoms with Gasteiger partial charge in [-0.25, -0.2) is 4.79 Å². The second-order valence-corrected chi connectivity index (χ2v) is 2.82. The van der Waals surface area contributed by atoms with Crippen molar-refractivity contribution in [3.05, 3.63) is 34.4 Å². The quantitative estimate of drug-likeness (QED) is 0.431. The Hall–Kier alpha value is -2.11. The molecule has 0 aromatic heterocycles. The summed E-state index contributed by atoms with van der Waals surface area (Å²) in [7, 11) is 0. The van der Waals surface area contributed by atoms with Crippen LogP contribution in [0.3, 0.4) is 0 Å². The van der Waals surface area contributed by atoms with E-state index < -0.39 is 10.9 Å². The maximum absolute atomic E-state index is 11.0. The summed E-state index contributed by atoms with van der Waals surface area (Å²) in [6, 6.07) is 5.85. The van der Waals surface area contributed by atoms with E-state index in [-0.39, 0.29) is 24.7 Å². The van der Waals surface area contributed by atoms with E-state index >= 15 is 0 Å². The zero-order valence-corrected chi connectivity index (χ0v) is 8.71. The lowest BCUT2D eigenvalue weighted by atomic mass is 10.3. The van der Waals surface area contributed by atoms with Crippen LogP contribution in [0.1, 0.15) is 6.92 Å². The van der Waals surface area contributed by atoms with Crippen molar-refractivity contribution < 1.29 is 19.2 Å². The number of rotatable bonds is 5. The van der Waals surface area contributed by atoms with Crippen LogP contribution < -0.4 is 4.74 Å². The minimum absolute atomic E-state index is 0.0561. The zero-order valence-electron chi connectivity index (χ0n) is 8.71. The zero-order chi connectivity index (χ0) is 12.0. The Morgan fingerprint density at radius 1 is 1.44 bits per heavy atom. The number of nitro benzene ring substituents is 1. The molecule has 0 aliphatic carbocycles. The van der Waals surface area contributed by atoms with Crippen molar-refractivity contribution in [3.63, 3.8) is 0 Å². The van der Waals surface area contributed by atoms with Crippen LogP contribution in [0.25, 0.3) is 0 Å². The average Bonchev–Trinajstić information content (AvgIpc) is 2.27. The summed E-state index contributed by atoms with van der Waals surface area (Å²) in [6.45, 7) is 1.58. The van der Waals surface area contributed by atoms with Crippen LogP contribution in [-0.4, -0.2) is 24.1 Å². The number of hydrogen-bond acceptors (Lipinski definition) is 5. The third kappa shape index (κ3) is 3.23. The molecule has 0 heterocycles. The minimum atomic E-state index is -0.569. The highest BCUT2D eigenvalue weighted by Crippen LogP contribution is 2.25. The number of para-hydroxylation sites is 2. The van der Waals surface area contributed by atoms with Gasteiger partial charge in [0.1, 0.15) is 0 Å². The normalized spacial score (nSPS) is 9.56. The molecule has 0 aliphatic heterocycles. The van der Waals surface area contributed by atoms with Crippen molar-refractivity contribution in [2.45, 2.75) is 6.92 Å². The first-order valence-electron chi connectivity index (χ1n) is 4.67. The minimum Gasteiger partial charge on any atom is -0.475 e. The van der Waals surface area contributed by atoms with Gasteiger partial charge in [-0.15, -0.1) is 0 Å². The molecule has 0 aliphatic rings. The van der Waals surface area contributed by atoms with Gasteiger partial charge in [-0.1, -0.05) is 12.1 Å². The standard InChI is InChI=1S/C10H11NO5/c1-2-15-10(12)7-16-9-6-4-3-5-8(9)11(13)14/h3-6H,2,7H2,1H3. The highest BCUT2D eigenvalue weighted by molar-refractivity contribution is 5.71. The van der Waals surface area contributed by atoms with E-state index in [1.807, 2.05) is 0 Å². The molecule has 0 atom stereocenters. The molecule has 0 saturated heterocycles. The lowest BCUT2D eigenvalue weighted by Crippen LogP contribution is -2.15. The van der Waals surface area contributed by atoms with Gasteiger partial charge in [0.15, 0.2) is 12.4 Å². The van der Waals surface area contributed by atoms with Crippen molar-refractivity contribution in [2.24, 2.45) is 0 Å². The number of nitro groups is 1. The first-order chi connectivity index (χ1) is 7.65. The Morgan fingerprint density at radius 3 is 2.75 bits per heavy atom. The largest absolute Gasteiger partial charge is 0.475 e. The third-order valence-corrected chi connectivity index (χ3v) is 1.71. The molecule has 0 fully saturated rings. The molecule has 0 N–H and O–H groups in total. The monoisotopic (exact) mass is 225 g/mol. The average molecular weight is 225 g/mol. The van der Waals surface area contributed by atoms with E-state index in [9.17, 15) is 14.9 Å². The molecule has 1 aromatic rings. The number of ether oxygens (including phenoxy) is 2. The molecule has 0 radical (unpaired) electrons. The van der Waals surface area contributed by atoms with Crippen LogP contribution in [-0.2, 0) is 9.53 Å². The maximum atomic E-state index is 11.0. The van der Waals surface area contributed by atoms with Crippen LogP contribution in [0.5, 0.6) is 5.75 Å². The van der Waals surface area contributed by atoms with E-state index in [0.717, 1.165) is 0 Å². The van der Waals surface area contributed by atoms with Gasteiger partial charge in [0.25, 0.3) is 0 Å². The van der Waals surface area contributed by atoms with Gasteiger partial charge in [-0.2, -0.15) is 0 Å². The molecule has 6 heteroatoms. The molecular formula is C10H11NO5. The van der Waals surface area contributed by atoms with Gasteiger partial charge in [-0.05, 0) is 13.0 Å². The summed E-state index contributed by atoms with van der Waals surface area (Å²) in [6.07, 6.45) is 0. The summed E-state index contributed by atoms with van der Waals surface area (Å²) in [4.78, 5) is 21.0. The fourth-order valence-electron chi connectivity index (χ4n) is 1.07. The molecule has 16 heavy (non-hydrogen) atoms. The summed E-state index contributed by atoms with van der Waals surface area (Å²) < 4.78 is 9.63. The number of carbonyl (C=O) groups is 1. The molecule has 0 spiro atoms. The van der Waals surface area contributed by atoms with E-state index in [1.165, 1.54) is 18.2 Å². The first kappa shape index (κ1) is 12.0. The Labute approximate surface area is 91.9 Å². The number of esters is 1. The predicted octanol–water partition coefficient (Wildman–Crippen LogP) is 1.54. The summed E-state index contributed by atoms with van der Waals surface area (Å²) in [5.41, 5.74) is -0.174. The van der Waals surface area contributed by atoms with Gasteiger partial charge >= 0.3 is 11.7 Å². The van der Waals surface area contributed by atoms with E-state index in [1.54, 1.807) is 13.0 Å². The summed E-state index contributed by atoms with van der Waals surface area (Å²) in [5.74, 6) is -0.499. The van der Waals surface area contributed by atoms with Gasteiger partial charge in [0.05, 0.1) is 11.5 Å². The molecule has 6 nitrogen and oxygen atoms in total. The Bertz CT molecular complexity index is 391. The van der Waals surface area contributed by atoms with Gasteiger partial charge < -0.3 is 9.47 Å². The van der Waals surface area contributed by atoms with E-state index in [2.05, 4.69) is 4.74 Å². The van der Waals surface area contributed by atoms with Crippen LogP contribution in [0.15, 0.2) is 24.3 Å². The van der Waals surface area contributed by atoms with Gasteiger partial charge in [-0.3, -0.25) is 10.1 Å². The number of benzene rings is 1. The van der Waals surface area contributed by atoms with Gasteiger partial charge in [0, 0.05) is 6.07 Å². The molecule has 86 valence electrons. The number of nitrogens with zero attached hydrogens (tertiary/aromatic N) is 1. The highest BCUT2D eigenvalue weighted by Gasteiger charge is 2.14. The number of hydrogen-bond donors (Lipinski definition) is 0. The second-order valence-electron chi connectivity index (χ2n) is 2.82. The van der Waals surface area contributed by atoms with Crippen molar-refractivity contribution >= 4 is 11.7 Å². The van der Waals surface area contributed by atoms with Crippen molar-refractivity contribution in [1.29, 1.82) is 0 Å². The Kier molecular flexibility index (Phi) is 4.26. The maximum Gasteiger partial charge on any atom is 0.344 e. The van der Waals surface area contributed by atoms with Crippen molar-refractivity contribution in [1.82, 2.24) is 0 Å². The lowest BCUT2D eigenvalue weighted by Gasteiger charge is -2.05. The van der Waals surface area contributed by atoms with Crippen molar-refractivity contribution in [3.8, 4) is 5.75 Å². The lowest BCUT2D eigenvalue weighted by molar-refractivity contribution is -0.385. The van der Waals surface area contributed by atoms with Crippen LogP contribution >= 0.6 is 0 Å². The predicted molar refractivity (Wildman–Crippen MR) is 55.2 cm³/mol. The molecule has 1 aromatic carbocycles. The van der Waals surface area contributed by atoms with Crippen LogP contribution in [0.4, 0.5) is 5.69 Å². The van der Waals surface area contributed by atoms with Crippen LogP contribution in [0.2, 0.25) is 0 Å². The smallest absolute Gasteiger partial charge is 0.344 e. The van der Waals surface area contributed by atoms with Crippen molar-refractivity contribution in [2.75, 3.05) is 13.2 Å². The Balaban J connectivity index is 2.66. The molecule has 0 saturated carbocycles. The summed E-state index contributed by atoms with van der Waals surface area (Å²) >= 11 is 0. The SMILES string of the molecule is CCOC(=O)COc1ccccc1[N+](=O)[O-]. The highest BCUT2D eigenvalue weighted by atomic mass is 16.6. The fraction of sp³-hybridized carbons (Fsp3) is 0.300. The molecule has 0 unspecified atom stereocenters. The third-order valence-electron chi connectivity index (χ3n) is 1.71. The second kappa shape index (κ2) is 5.69. The number of carbonyl (C=O) groups excluding carboxylic acids is 1. The first-order valence-corrected chi connectivity index (χ1v) is 4.67. The van der Waals surface area contributed by atoms with Gasteiger partial charge in [0.2, 0.25) is 0 Å². The Morgan fingerprint density at radius 2 is 2.12 bits per heavy atom.